The predicted octanol–water partition coefficient (Wildman–Crippen LogP) is 4.26. The maximum atomic E-state index is 13.8. The summed E-state index contributed by atoms with van der Waals surface area (Å²) in [7, 11) is 0. The highest BCUT2D eigenvalue weighted by Crippen LogP contribution is 2.26. The topological polar surface area (TPSA) is 101 Å². The van der Waals surface area contributed by atoms with E-state index in [1.54, 1.807) is 31.7 Å². The molecule has 0 unspecified atom stereocenters. The van der Waals surface area contributed by atoms with E-state index in [0.29, 0.717) is 31.5 Å². The Hall–Kier alpha value is -3.36. The highest BCUT2D eigenvalue weighted by molar-refractivity contribution is 5.99. The third-order valence-corrected chi connectivity index (χ3v) is 4.80. The molecule has 1 aromatic heterocycles. The Balaban J connectivity index is 1.61. The van der Waals surface area contributed by atoms with Crippen LogP contribution in [0, 0.1) is 11.7 Å². The number of piperidine rings is 1. The average molecular weight is 431 g/mol. The monoisotopic (exact) mass is 431 g/mol. The van der Waals surface area contributed by atoms with Crippen LogP contribution in [0.3, 0.4) is 0 Å². The zero-order valence-corrected chi connectivity index (χ0v) is 17.7. The van der Waals surface area contributed by atoms with Crippen molar-refractivity contribution in [1.29, 1.82) is 0 Å². The molecule has 0 spiro atoms. The molecule has 0 radical (unpaired) electrons. The molecule has 3 amide bonds. The first-order chi connectivity index (χ1) is 14.6. The van der Waals surface area contributed by atoms with Crippen molar-refractivity contribution in [3.8, 4) is 0 Å². The maximum absolute atomic E-state index is 13.8. The van der Waals surface area contributed by atoms with Gasteiger partial charge >= 0.3 is 6.09 Å². The number of amides is 3. The van der Waals surface area contributed by atoms with Crippen molar-refractivity contribution < 1.29 is 27.9 Å². The molecule has 0 atom stereocenters. The smallest absolute Gasteiger partial charge is 0.412 e. The number of hydrogen-bond donors (Lipinski definition) is 2. The van der Waals surface area contributed by atoms with Gasteiger partial charge < -0.3 is 19.4 Å². The van der Waals surface area contributed by atoms with E-state index in [-0.39, 0.29) is 29.1 Å². The van der Waals surface area contributed by atoms with Crippen LogP contribution in [-0.2, 0) is 9.53 Å². The van der Waals surface area contributed by atoms with E-state index in [0.717, 1.165) is 6.07 Å². The van der Waals surface area contributed by atoms with Crippen LogP contribution in [0.5, 0.6) is 0 Å². The van der Waals surface area contributed by atoms with Gasteiger partial charge in [0.2, 0.25) is 5.91 Å². The highest BCUT2D eigenvalue weighted by atomic mass is 19.1. The molecule has 2 heterocycles. The van der Waals surface area contributed by atoms with Gasteiger partial charge in [0, 0.05) is 19.0 Å². The number of nitrogens with one attached hydrogen (secondary N) is 2. The minimum Gasteiger partial charge on any atom is -0.472 e. The number of hydrogen-bond acceptors (Lipinski definition) is 5. The Bertz CT molecular complexity index is 945. The fourth-order valence-electron chi connectivity index (χ4n) is 3.29. The van der Waals surface area contributed by atoms with E-state index >= 15 is 0 Å². The molecule has 3 rings (SSSR count). The number of furan rings is 1. The third kappa shape index (κ3) is 6.07. The van der Waals surface area contributed by atoms with Gasteiger partial charge in [-0.05, 0) is 57.9 Å². The van der Waals surface area contributed by atoms with E-state index < -0.39 is 17.5 Å². The largest absolute Gasteiger partial charge is 0.472 e. The quantitative estimate of drug-likeness (QED) is 0.753. The molecule has 0 saturated carbocycles. The van der Waals surface area contributed by atoms with Gasteiger partial charge in [-0.1, -0.05) is 0 Å². The van der Waals surface area contributed by atoms with Gasteiger partial charge in [0.15, 0.2) is 0 Å². The molecular weight excluding hydrogens is 405 g/mol. The summed E-state index contributed by atoms with van der Waals surface area (Å²) in [4.78, 5) is 38.9. The zero-order valence-electron chi connectivity index (χ0n) is 17.7. The minimum absolute atomic E-state index is 0.137. The summed E-state index contributed by atoms with van der Waals surface area (Å²) in [5.74, 6) is -1.33. The number of carbonyl (C=O) groups excluding carboxylic acids is 3. The van der Waals surface area contributed by atoms with Crippen molar-refractivity contribution in [2.24, 2.45) is 5.92 Å². The Morgan fingerprint density at radius 3 is 2.42 bits per heavy atom. The van der Waals surface area contributed by atoms with E-state index in [1.165, 1.54) is 24.7 Å². The molecule has 2 aromatic rings. The summed E-state index contributed by atoms with van der Waals surface area (Å²) >= 11 is 0. The number of rotatable bonds is 4. The minimum atomic E-state index is -0.708. The van der Waals surface area contributed by atoms with Gasteiger partial charge in [-0.3, -0.25) is 14.9 Å². The van der Waals surface area contributed by atoms with Crippen LogP contribution in [0.15, 0.2) is 41.2 Å². The van der Waals surface area contributed by atoms with Crippen LogP contribution >= 0.6 is 0 Å². The predicted molar refractivity (Wildman–Crippen MR) is 112 cm³/mol. The molecule has 1 saturated heterocycles. The second kappa shape index (κ2) is 9.20. The second-order valence-electron chi connectivity index (χ2n) is 8.38. The molecule has 31 heavy (non-hydrogen) atoms. The van der Waals surface area contributed by atoms with Crippen LogP contribution in [0.25, 0.3) is 0 Å². The fraction of sp³-hybridized carbons (Fsp3) is 0.409. The van der Waals surface area contributed by atoms with Gasteiger partial charge in [0.1, 0.15) is 17.7 Å². The molecule has 9 heteroatoms. The number of nitrogens with zero attached hydrogens (tertiary/aromatic N) is 1. The number of likely N-dealkylation sites (tertiary alicyclic amines) is 1. The van der Waals surface area contributed by atoms with Gasteiger partial charge in [0.05, 0.1) is 23.2 Å². The molecule has 1 aliphatic rings. The maximum Gasteiger partial charge on any atom is 0.412 e. The standard InChI is InChI=1S/C22H26FN3O5/c1-22(2,3)31-21(29)25-17-5-4-16(23)12-18(17)24-19(27)14-6-9-26(10-7-14)20(28)15-8-11-30-13-15/h4-5,8,11-14H,6-7,9-10H2,1-3H3,(H,24,27)(H,25,29). The van der Waals surface area contributed by atoms with E-state index in [9.17, 15) is 18.8 Å². The Kier molecular flexibility index (Phi) is 6.62. The van der Waals surface area contributed by atoms with Crippen LogP contribution in [0.1, 0.15) is 44.0 Å². The van der Waals surface area contributed by atoms with Gasteiger partial charge in [-0.2, -0.15) is 0 Å². The number of benzene rings is 1. The lowest BCUT2D eigenvalue weighted by atomic mass is 9.95. The van der Waals surface area contributed by atoms with E-state index in [2.05, 4.69) is 10.6 Å². The van der Waals surface area contributed by atoms with Crippen LogP contribution < -0.4 is 10.6 Å². The molecule has 1 fully saturated rings. The summed E-state index contributed by atoms with van der Waals surface area (Å²) in [6.45, 7) is 6.03. The average Bonchev–Trinajstić information content (AvgIpc) is 3.23. The summed E-state index contributed by atoms with van der Waals surface area (Å²) in [5, 5.41) is 5.23. The fourth-order valence-corrected chi connectivity index (χ4v) is 3.29. The first kappa shape index (κ1) is 22.3. The normalized spacial score (nSPS) is 14.8. The van der Waals surface area contributed by atoms with Crippen LogP contribution in [0.4, 0.5) is 20.6 Å². The third-order valence-electron chi connectivity index (χ3n) is 4.80. The van der Waals surface area contributed by atoms with Gasteiger partial charge in [-0.15, -0.1) is 0 Å². The second-order valence-corrected chi connectivity index (χ2v) is 8.38. The van der Waals surface area contributed by atoms with E-state index in [4.69, 9.17) is 9.15 Å². The molecule has 0 bridgehead atoms. The van der Waals surface area contributed by atoms with E-state index in [1.807, 2.05) is 0 Å². The summed E-state index contributed by atoms with van der Waals surface area (Å²) in [5.41, 5.74) is 0.153. The number of carbonyl (C=O) groups is 3. The van der Waals surface area contributed by atoms with Crippen molar-refractivity contribution in [2.75, 3.05) is 23.7 Å². The first-order valence-corrected chi connectivity index (χ1v) is 10.0. The summed E-state index contributed by atoms with van der Waals surface area (Å²) in [6.07, 6.45) is 3.07. The SMILES string of the molecule is CC(C)(C)OC(=O)Nc1ccc(F)cc1NC(=O)C1CCN(C(=O)c2ccoc2)CC1. The number of anilines is 2. The Morgan fingerprint density at radius 2 is 1.81 bits per heavy atom. The van der Waals surface area contributed by atoms with Gasteiger partial charge in [-0.25, -0.2) is 9.18 Å². The van der Waals surface area contributed by atoms with Gasteiger partial charge in [0.25, 0.3) is 5.91 Å². The van der Waals surface area contributed by atoms with Crippen molar-refractivity contribution in [3.05, 3.63) is 48.2 Å². The van der Waals surface area contributed by atoms with Crippen molar-refractivity contribution in [3.63, 3.8) is 0 Å². The molecule has 2 N–H and O–H groups in total. The van der Waals surface area contributed by atoms with Crippen LogP contribution in [-0.4, -0.2) is 41.5 Å². The summed E-state index contributed by atoms with van der Waals surface area (Å²) in [6, 6.07) is 5.29. The summed E-state index contributed by atoms with van der Waals surface area (Å²) < 4.78 is 23.9. The van der Waals surface area contributed by atoms with Crippen LogP contribution in [0.2, 0.25) is 0 Å². The van der Waals surface area contributed by atoms with Crippen molar-refractivity contribution >= 4 is 29.3 Å². The zero-order chi connectivity index (χ0) is 22.6. The molecule has 1 aromatic carbocycles. The molecule has 1 aliphatic heterocycles. The lowest BCUT2D eigenvalue weighted by Crippen LogP contribution is -2.41. The number of halogens is 1. The van der Waals surface area contributed by atoms with Crippen molar-refractivity contribution in [1.82, 2.24) is 4.90 Å². The number of ether oxygens (including phenoxy) is 1. The lowest BCUT2D eigenvalue weighted by Gasteiger charge is -2.31. The first-order valence-electron chi connectivity index (χ1n) is 10.0. The Morgan fingerprint density at radius 1 is 1.10 bits per heavy atom. The molecule has 0 aliphatic carbocycles. The molecular formula is C22H26FN3O5. The van der Waals surface area contributed by atoms with Crippen molar-refractivity contribution in [2.45, 2.75) is 39.2 Å². The lowest BCUT2D eigenvalue weighted by molar-refractivity contribution is -0.121. The molecule has 8 nitrogen and oxygen atoms in total. The molecule has 166 valence electrons. The highest BCUT2D eigenvalue weighted by Gasteiger charge is 2.29. The Labute approximate surface area is 179 Å².